The second kappa shape index (κ2) is 4.23. The Morgan fingerprint density at radius 2 is 2.15 bits per heavy atom. The van der Waals surface area contributed by atoms with E-state index in [0.717, 1.165) is 6.42 Å². The number of hydroxylamine groups is 2. The minimum atomic E-state index is -0.422. The van der Waals surface area contributed by atoms with Gasteiger partial charge in [0, 0.05) is 13.5 Å². The molecular formula is C8H13NO4. The fourth-order valence-corrected chi connectivity index (χ4v) is 1.39. The number of carbonyl (C=O) groups excluding carboxylic acids is 2. The van der Waals surface area contributed by atoms with Gasteiger partial charge in [0.2, 0.25) is 0 Å². The summed E-state index contributed by atoms with van der Waals surface area (Å²) in [7, 11) is 1.33. The average Bonchev–Trinajstić information content (AvgIpc) is 2.50. The van der Waals surface area contributed by atoms with E-state index in [2.05, 4.69) is 4.74 Å². The average molecular weight is 187 g/mol. The molecule has 1 atom stereocenters. The number of hydrogen-bond donors (Lipinski definition) is 0. The number of nitrogens with zero attached hydrogens (tertiary/aromatic N) is 1. The van der Waals surface area contributed by atoms with Crippen molar-refractivity contribution in [1.29, 1.82) is 0 Å². The lowest BCUT2D eigenvalue weighted by atomic mass is 10.2. The van der Waals surface area contributed by atoms with Crippen molar-refractivity contribution >= 4 is 11.9 Å². The third-order valence-electron chi connectivity index (χ3n) is 1.92. The summed E-state index contributed by atoms with van der Waals surface area (Å²) in [5.41, 5.74) is 0. The molecule has 13 heavy (non-hydrogen) atoms. The normalized spacial score (nSPS) is 22.8. The number of rotatable bonds is 2. The van der Waals surface area contributed by atoms with Gasteiger partial charge in [0.1, 0.15) is 6.04 Å². The van der Waals surface area contributed by atoms with Crippen LogP contribution in [-0.4, -0.2) is 36.7 Å². The smallest absolute Gasteiger partial charge is 0.326 e. The maximum Gasteiger partial charge on any atom is 0.326 e. The van der Waals surface area contributed by atoms with E-state index in [1.807, 2.05) is 0 Å². The van der Waals surface area contributed by atoms with Crippen LogP contribution in [0.25, 0.3) is 0 Å². The molecule has 1 unspecified atom stereocenters. The fourth-order valence-electron chi connectivity index (χ4n) is 1.39. The van der Waals surface area contributed by atoms with E-state index in [0.29, 0.717) is 13.0 Å². The number of esters is 1. The largest absolute Gasteiger partial charge is 0.468 e. The van der Waals surface area contributed by atoms with Crippen molar-refractivity contribution in [1.82, 2.24) is 5.06 Å². The molecule has 1 aliphatic heterocycles. The second-order valence-electron chi connectivity index (χ2n) is 2.90. The van der Waals surface area contributed by atoms with Gasteiger partial charge in [0.15, 0.2) is 0 Å². The molecule has 0 aromatic carbocycles. The Kier molecular flexibility index (Phi) is 3.25. The molecule has 0 spiro atoms. The summed E-state index contributed by atoms with van der Waals surface area (Å²) < 4.78 is 4.57. The van der Waals surface area contributed by atoms with Gasteiger partial charge in [-0.05, 0) is 12.8 Å². The van der Waals surface area contributed by atoms with Gasteiger partial charge in [-0.2, -0.15) is 0 Å². The molecule has 0 radical (unpaired) electrons. The summed E-state index contributed by atoms with van der Waals surface area (Å²) in [5.74, 6) is -0.755. The third kappa shape index (κ3) is 2.42. The quantitative estimate of drug-likeness (QED) is 0.574. The van der Waals surface area contributed by atoms with E-state index in [-0.39, 0.29) is 5.97 Å². The molecule has 0 bridgehead atoms. The Bertz CT molecular complexity index is 216. The summed E-state index contributed by atoms with van der Waals surface area (Å²) in [6.45, 7) is 1.91. The Balaban J connectivity index is 2.53. The molecule has 0 aliphatic carbocycles. The molecular weight excluding hydrogens is 174 g/mol. The van der Waals surface area contributed by atoms with Crippen molar-refractivity contribution in [2.75, 3.05) is 13.7 Å². The van der Waals surface area contributed by atoms with Crippen LogP contribution in [0.15, 0.2) is 0 Å². The summed E-state index contributed by atoms with van der Waals surface area (Å²) in [5, 5.41) is 1.38. The molecule has 1 fully saturated rings. The lowest BCUT2D eigenvalue weighted by Gasteiger charge is -2.19. The predicted octanol–water partition coefficient (Wildman–Crippen LogP) is 0.102. The molecule has 0 N–H and O–H groups in total. The van der Waals surface area contributed by atoms with Gasteiger partial charge in [-0.25, -0.2) is 0 Å². The van der Waals surface area contributed by atoms with Crippen molar-refractivity contribution in [3.8, 4) is 0 Å². The van der Waals surface area contributed by atoms with Crippen molar-refractivity contribution in [2.24, 2.45) is 0 Å². The first kappa shape index (κ1) is 9.98. The maximum atomic E-state index is 11.2. The lowest BCUT2D eigenvalue weighted by molar-refractivity contribution is -0.197. The molecule has 5 nitrogen and oxygen atoms in total. The number of methoxy groups -OCH3 is 1. The van der Waals surface area contributed by atoms with Crippen LogP contribution < -0.4 is 0 Å². The highest BCUT2D eigenvalue weighted by Gasteiger charge is 2.33. The summed E-state index contributed by atoms with van der Waals surface area (Å²) >= 11 is 0. The van der Waals surface area contributed by atoms with Gasteiger partial charge in [-0.15, -0.1) is 5.06 Å². The van der Waals surface area contributed by atoms with E-state index >= 15 is 0 Å². The molecule has 0 aromatic heterocycles. The molecule has 0 aromatic rings. The van der Waals surface area contributed by atoms with Crippen molar-refractivity contribution in [2.45, 2.75) is 25.8 Å². The van der Waals surface area contributed by atoms with Gasteiger partial charge in [0.05, 0.1) is 7.11 Å². The zero-order valence-electron chi connectivity index (χ0n) is 7.78. The van der Waals surface area contributed by atoms with Gasteiger partial charge in [0.25, 0.3) is 0 Å². The zero-order valence-corrected chi connectivity index (χ0v) is 7.78. The number of hydrogen-bond acceptors (Lipinski definition) is 5. The van der Waals surface area contributed by atoms with Gasteiger partial charge in [-0.3, -0.25) is 9.59 Å². The van der Waals surface area contributed by atoms with Crippen LogP contribution in [0.4, 0.5) is 0 Å². The van der Waals surface area contributed by atoms with E-state index < -0.39 is 12.0 Å². The molecule has 1 aliphatic rings. The van der Waals surface area contributed by atoms with Gasteiger partial charge >= 0.3 is 11.9 Å². The number of carbonyl (C=O) groups is 2. The van der Waals surface area contributed by atoms with Crippen LogP contribution in [0.3, 0.4) is 0 Å². The zero-order chi connectivity index (χ0) is 9.84. The Morgan fingerprint density at radius 1 is 1.46 bits per heavy atom. The van der Waals surface area contributed by atoms with Gasteiger partial charge < -0.3 is 9.57 Å². The third-order valence-corrected chi connectivity index (χ3v) is 1.92. The fraction of sp³-hybridized carbons (Fsp3) is 0.750. The van der Waals surface area contributed by atoms with Crippen LogP contribution in [-0.2, 0) is 19.2 Å². The molecule has 5 heteroatoms. The monoisotopic (exact) mass is 187 g/mol. The molecule has 74 valence electrons. The summed E-state index contributed by atoms with van der Waals surface area (Å²) in [6.07, 6.45) is 1.52. The molecule has 0 amide bonds. The molecule has 1 saturated heterocycles. The minimum Gasteiger partial charge on any atom is -0.468 e. The van der Waals surface area contributed by atoms with E-state index in [1.165, 1.54) is 19.1 Å². The topological polar surface area (TPSA) is 55.8 Å². The van der Waals surface area contributed by atoms with Crippen LogP contribution in [0.2, 0.25) is 0 Å². The second-order valence-corrected chi connectivity index (χ2v) is 2.90. The van der Waals surface area contributed by atoms with Crippen molar-refractivity contribution < 1.29 is 19.2 Å². The first-order valence-electron chi connectivity index (χ1n) is 4.18. The van der Waals surface area contributed by atoms with Crippen molar-refractivity contribution in [3.63, 3.8) is 0 Å². The van der Waals surface area contributed by atoms with E-state index in [1.54, 1.807) is 0 Å². The van der Waals surface area contributed by atoms with Crippen LogP contribution >= 0.6 is 0 Å². The Hall–Kier alpha value is -1.10. The molecule has 0 saturated carbocycles. The predicted molar refractivity (Wildman–Crippen MR) is 43.5 cm³/mol. The molecule has 1 heterocycles. The standard InChI is InChI=1S/C8H13NO4/c1-6(10)13-9-5-3-4-7(9)8(11)12-2/h7H,3-5H2,1-2H3. The Labute approximate surface area is 76.6 Å². The van der Waals surface area contributed by atoms with E-state index in [4.69, 9.17) is 4.84 Å². The maximum absolute atomic E-state index is 11.2. The first-order chi connectivity index (χ1) is 6.15. The SMILES string of the molecule is COC(=O)C1CCCN1OC(C)=O. The van der Waals surface area contributed by atoms with E-state index in [9.17, 15) is 9.59 Å². The minimum absolute atomic E-state index is 0.348. The van der Waals surface area contributed by atoms with Crippen LogP contribution in [0.1, 0.15) is 19.8 Å². The lowest BCUT2D eigenvalue weighted by Crippen LogP contribution is -2.37. The number of ether oxygens (including phenoxy) is 1. The molecule has 1 rings (SSSR count). The highest BCUT2D eigenvalue weighted by atomic mass is 16.7. The van der Waals surface area contributed by atoms with Crippen LogP contribution in [0, 0.1) is 0 Å². The van der Waals surface area contributed by atoms with Crippen LogP contribution in [0.5, 0.6) is 0 Å². The van der Waals surface area contributed by atoms with Gasteiger partial charge in [-0.1, -0.05) is 0 Å². The first-order valence-corrected chi connectivity index (χ1v) is 4.18. The Morgan fingerprint density at radius 3 is 2.69 bits per heavy atom. The summed E-state index contributed by atoms with van der Waals surface area (Å²) in [6, 6.07) is -0.422. The highest BCUT2D eigenvalue weighted by molar-refractivity contribution is 5.76. The highest BCUT2D eigenvalue weighted by Crippen LogP contribution is 2.18. The van der Waals surface area contributed by atoms with Crippen molar-refractivity contribution in [3.05, 3.63) is 0 Å². The summed E-state index contributed by atoms with van der Waals surface area (Å²) in [4.78, 5) is 26.6.